The molecule has 1 aliphatic rings. The number of hydrogen-bond donors (Lipinski definition) is 1. The molecule has 1 heterocycles. The van der Waals surface area contributed by atoms with E-state index in [-0.39, 0.29) is 6.04 Å². The van der Waals surface area contributed by atoms with Crippen molar-refractivity contribution in [3.05, 3.63) is 29.1 Å². The normalized spacial score (nSPS) is 19.1. The quantitative estimate of drug-likeness (QED) is 0.669. The van der Waals surface area contributed by atoms with E-state index in [1.807, 2.05) is 6.07 Å². The summed E-state index contributed by atoms with van der Waals surface area (Å²) >= 11 is 0. The summed E-state index contributed by atoms with van der Waals surface area (Å²) < 4.78 is 4.59. The number of carbonyl (C=O) groups excluding carboxylic acids is 1. The van der Waals surface area contributed by atoms with Crippen molar-refractivity contribution < 1.29 is 9.53 Å². The van der Waals surface area contributed by atoms with Gasteiger partial charge in [0.1, 0.15) is 5.69 Å². The van der Waals surface area contributed by atoms with Crippen molar-refractivity contribution in [2.45, 2.75) is 18.9 Å². The number of esters is 1. The van der Waals surface area contributed by atoms with Gasteiger partial charge < -0.3 is 10.5 Å². The third-order valence-corrected chi connectivity index (χ3v) is 2.50. The van der Waals surface area contributed by atoms with Gasteiger partial charge in [0.2, 0.25) is 0 Å². The smallest absolute Gasteiger partial charge is 0.356 e. The predicted octanol–water partition coefficient (Wildman–Crippen LogP) is 0.814. The lowest BCUT2D eigenvalue weighted by molar-refractivity contribution is 0.0593. The van der Waals surface area contributed by atoms with Gasteiger partial charge in [0, 0.05) is 11.7 Å². The molecular weight excluding hydrogens is 180 g/mol. The largest absolute Gasteiger partial charge is 0.464 e. The van der Waals surface area contributed by atoms with Gasteiger partial charge >= 0.3 is 5.97 Å². The number of aryl methyl sites for hydroxylation is 1. The Balaban J connectivity index is 2.37. The maximum Gasteiger partial charge on any atom is 0.356 e. The summed E-state index contributed by atoms with van der Waals surface area (Å²) in [6.45, 7) is 0. The van der Waals surface area contributed by atoms with Gasteiger partial charge in [0.15, 0.2) is 0 Å². The van der Waals surface area contributed by atoms with E-state index in [4.69, 9.17) is 5.73 Å². The van der Waals surface area contributed by atoms with Crippen molar-refractivity contribution in [1.29, 1.82) is 0 Å². The molecule has 0 aliphatic heterocycles. The second kappa shape index (κ2) is 3.38. The molecule has 1 aliphatic carbocycles. The van der Waals surface area contributed by atoms with Gasteiger partial charge in [-0.2, -0.15) is 0 Å². The number of nitrogens with zero attached hydrogens (tertiary/aromatic N) is 1. The van der Waals surface area contributed by atoms with E-state index in [0.717, 1.165) is 24.1 Å². The second-order valence-electron chi connectivity index (χ2n) is 3.37. The zero-order valence-corrected chi connectivity index (χ0v) is 7.99. The molecule has 0 fully saturated rings. The Bertz CT molecular complexity index is 376. The molecule has 0 saturated heterocycles. The van der Waals surface area contributed by atoms with Crippen LogP contribution in [-0.2, 0) is 11.2 Å². The van der Waals surface area contributed by atoms with Crippen LogP contribution < -0.4 is 5.73 Å². The third kappa shape index (κ3) is 1.37. The van der Waals surface area contributed by atoms with Crippen LogP contribution >= 0.6 is 0 Å². The summed E-state index contributed by atoms with van der Waals surface area (Å²) in [5.74, 6) is -0.395. The van der Waals surface area contributed by atoms with Crippen LogP contribution in [0, 0.1) is 0 Å². The van der Waals surface area contributed by atoms with Gasteiger partial charge in [0.25, 0.3) is 0 Å². The second-order valence-corrected chi connectivity index (χ2v) is 3.37. The monoisotopic (exact) mass is 192 g/mol. The summed E-state index contributed by atoms with van der Waals surface area (Å²) in [6, 6.07) is 3.60. The molecule has 0 saturated carbocycles. The predicted molar refractivity (Wildman–Crippen MR) is 50.8 cm³/mol. The maximum atomic E-state index is 11.2. The van der Waals surface area contributed by atoms with E-state index in [1.165, 1.54) is 7.11 Å². The number of nitrogens with two attached hydrogens (primary N) is 1. The molecule has 14 heavy (non-hydrogen) atoms. The lowest BCUT2D eigenvalue weighted by atomic mass is 10.1. The van der Waals surface area contributed by atoms with Crippen LogP contribution in [0.15, 0.2) is 12.1 Å². The maximum absolute atomic E-state index is 11.2. The summed E-state index contributed by atoms with van der Waals surface area (Å²) in [7, 11) is 1.35. The molecule has 2 N–H and O–H groups in total. The minimum atomic E-state index is -0.395. The summed E-state index contributed by atoms with van der Waals surface area (Å²) in [5, 5.41) is 0. The molecule has 4 nitrogen and oxygen atoms in total. The highest BCUT2D eigenvalue weighted by molar-refractivity contribution is 5.87. The number of methoxy groups -OCH3 is 1. The molecule has 2 rings (SSSR count). The molecule has 4 heteroatoms. The fraction of sp³-hybridized carbons (Fsp3) is 0.400. The van der Waals surface area contributed by atoms with Gasteiger partial charge in [-0.15, -0.1) is 0 Å². The summed E-state index contributed by atoms with van der Waals surface area (Å²) in [6.07, 6.45) is 1.76. The summed E-state index contributed by atoms with van der Waals surface area (Å²) in [5.41, 5.74) is 8.19. The molecule has 74 valence electrons. The Hall–Kier alpha value is -1.42. The highest BCUT2D eigenvalue weighted by atomic mass is 16.5. The Kier molecular flexibility index (Phi) is 2.21. The molecule has 0 amide bonds. The van der Waals surface area contributed by atoms with E-state index in [9.17, 15) is 4.79 Å². The van der Waals surface area contributed by atoms with Gasteiger partial charge in [0.05, 0.1) is 7.11 Å². The lowest BCUT2D eigenvalue weighted by Crippen LogP contribution is -2.08. The van der Waals surface area contributed by atoms with Crippen molar-refractivity contribution in [2.24, 2.45) is 5.73 Å². The fourth-order valence-corrected chi connectivity index (χ4v) is 1.72. The highest BCUT2D eigenvalue weighted by Crippen LogP contribution is 2.27. The average Bonchev–Trinajstić information content (AvgIpc) is 2.59. The molecule has 1 atom stereocenters. The Morgan fingerprint density at radius 2 is 2.43 bits per heavy atom. The molecular formula is C10H12N2O2. The molecule has 0 radical (unpaired) electrons. The number of fused-ring (bicyclic) bond motifs is 1. The van der Waals surface area contributed by atoms with E-state index < -0.39 is 5.97 Å². The topological polar surface area (TPSA) is 65.2 Å². The summed E-state index contributed by atoms with van der Waals surface area (Å²) in [4.78, 5) is 15.4. The molecule has 1 aromatic heterocycles. The Morgan fingerprint density at radius 3 is 3.14 bits per heavy atom. The van der Waals surface area contributed by atoms with Crippen LogP contribution in [0.4, 0.5) is 0 Å². The van der Waals surface area contributed by atoms with Crippen molar-refractivity contribution in [3.63, 3.8) is 0 Å². The van der Waals surface area contributed by atoms with Crippen LogP contribution in [0.3, 0.4) is 0 Å². The van der Waals surface area contributed by atoms with E-state index in [2.05, 4.69) is 9.72 Å². The minimum absolute atomic E-state index is 0.0733. The van der Waals surface area contributed by atoms with Crippen molar-refractivity contribution in [2.75, 3.05) is 7.11 Å². The first kappa shape index (κ1) is 9.15. The van der Waals surface area contributed by atoms with Gasteiger partial charge in [-0.3, -0.25) is 0 Å². The first-order valence-corrected chi connectivity index (χ1v) is 4.56. The molecule has 0 bridgehead atoms. The number of pyridine rings is 1. The lowest BCUT2D eigenvalue weighted by Gasteiger charge is -2.04. The van der Waals surface area contributed by atoms with Crippen molar-refractivity contribution in [3.8, 4) is 0 Å². The molecule has 0 unspecified atom stereocenters. The zero-order chi connectivity index (χ0) is 10.1. The SMILES string of the molecule is COC(=O)c1ccc2c(n1)CC[C@H]2N. The molecule has 1 aromatic rings. The highest BCUT2D eigenvalue weighted by Gasteiger charge is 2.21. The van der Waals surface area contributed by atoms with Gasteiger partial charge in [-0.05, 0) is 24.5 Å². The number of carbonyl (C=O) groups is 1. The molecule has 0 spiro atoms. The number of rotatable bonds is 1. The van der Waals surface area contributed by atoms with Crippen LogP contribution in [0.5, 0.6) is 0 Å². The number of ether oxygens (including phenoxy) is 1. The van der Waals surface area contributed by atoms with Crippen LogP contribution in [0.25, 0.3) is 0 Å². The van der Waals surface area contributed by atoms with E-state index in [1.54, 1.807) is 6.07 Å². The van der Waals surface area contributed by atoms with Crippen LogP contribution in [-0.4, -0.2) is 18.1 Å². The fourth-order valence-electron chi connectivity index (χ4n) is 1.72. The number of hydrogen-bond acceptors (Lipinski definition) is 4. The van der Waals surface area contributed by atoms with Crippen LogP contribution in [0.2, 0.25) is 0 Å². The third-order valence-electron chi connectivity index (χ3n) is 2.50. The first-order chi connectivity index (χ1) is 6.72. The molecule has 0 aromatic carbocycles. The van der Waals surface area contributed by atoms with Crippen LogP contribution in [0.1, 0.15) is 34.2 Å². The van der Waals surface area contributed by atoms with Crippen molar-refractivity contribution >= 4 is 5.97 Å². The van der Waals surface area contributed by atoms with Gasteiger partial charge in [-0.1, -0.05) is 6.07 Å². The Labute approximate surface area is 82.1 Å². The van der Waals surface area contributed by atoms with Crippen molar-refractivity contribution in [1.82, 2.24) is 4.98 Å². The number of aromatic nitrogens is 1. The van der Waals surface area contributed by atoms with Gasteiger partial charge in [-0.25, -0.2) is 9.78 Å². The first-order valence-electron chi connectivity index (χ1n) is 4.56. The minimum Gasteiger partial charge on any atom is -0.464 e. The standard InChI is InChI=1S/C10H12N2O2/c1-14-10(13)9-4-2-6-7(11)3-5-8(6)12-9/h2,4,7H,3,5,11H2,1H3/t7-/m1/s1. The average molecular weight is 192 g/mol. The van der Waals surface area contributed by atoms with E-state index in [0.29, 0.717) is 5.69 Å². The van der Waals surface area contributed by atoms with E-state index >= 15 is 0 Å². The Morgan fingerprint density at radius 1 is 1.64 bits per heavy atom. The zero-order valence-electron chi connectivity index (χ0n) is 7.99.